The number of carboxylic acids is 1. The second kappa shape index (κ2) is 8.87. The molecule has 1 aromatic heterocycles. The summed E-state index contributed by atoms with van der Waals surface area (Å²) in [5.41, 5.74) is 1.61. The maximum atomic E-state index is 12.7. The van der Waals surface area contributed by atoms with Crippen molar-refractivity contribution in [3.63, 3.8) is 0 Å². The molecule has 158 valence electrons. The van der Waals surface area contributed by atoms with Crippen molar-refractivity contribution in [2.75, 3.05) is 0 Å². The Kier molecular flexibility index (Phi) is 6.45. The van der Waals surface area contributed by atoms with Crippen LogP contribution in [0.25, 0.3) is 10.6 Å². The summed E-state index contributed by atoms with van der Waals surface area (Å²) in [4.78, 5) is 16.3. The Balaban J connectivity index is 1.64. The fourth-order valence-electron chi connectivity index (χ4n) is 2.80. The summed E-state index contributed by atoms with van der Waals surface area (Å²) in [5.74, 6) is -0.648. The predicted molar refractivity (Wildman–Crippen MR) is 109 cm³/mol. The lowest BCUT2D eigenvalue weighted by molar-refractivity contribution is -0.141. The first-order chi connectivity index (χ1) is 14.1. The average molecular weight is 435 g/mol. The average Bonchev–Trinajstić information content (AvgIpc) is 3.07. The number of thiazole rings is 1. The number of ether oxygens (including phenoxy) is 1. The molecule has 1 heterocycles. The van der Waals surface area contributed by atoms with Crippen LogP contribution in [0, 0.1) is 12.8 Å². The number of benzene rings is 2. The number of aryl methyl sites for hydroxylation is 1. The highest BCUT2D eigenvalue weighted by Gasteiger charge is 2.30. The first-order valence-electron chi connectivity index (χ1n) is 9.22. The van der Waals surface area contributed by atoms with Crippen molar-refractivity contribution < 1.29 is 27.8 Å². The lowest BCUT2D eigenvalue weighted by Gasteiger charge is -2.08. The molecule has 3 rings (SSSR count). The molecule has 0 saturated carbocycles. The number of aliphatic carboxylic acids is 1. The molecule has 30 heavy (non-hydrogen) atoms. The summed E-state index contributed by atoms with van der Waals surface area (Å²) in [6.45, 7) is 3.78. The van der Waals surface area contributed by atoms with Gasteiger partial charge in [-0.3, -0.25) is 4.79 Å². The number of rotatable bonds is 7. The van der Waals surface area contributed by atoms with Crippen LogP contribution in [0.4, 0.5) is 13.2 Å². The van der Waals surface area contributed by atoms with Crippen LogP contribution in [0.2, 0.25) is 0 Å². The summed E-state index contributed by atoms with van der Waals surface area (Å²) >= 11 is 1.38. The summed E-state index contributed by atoms with van der Waals surface area (Å²) in [6, 6.07) is 12.2. The zero-order valence-corrected chi connectivity index (χ0v) is 17.2. The second-order valence-corrected chi connectivity index (χ2v) is 8.06. The largest absolute Gasteiger partial charge is 0.488 e. The van der Waals surface area contributed by atoms with E-state index >= 15 is 0 Å². The molecule has 4 nitrogen and oxygen atoms in total. The lowest BCUT2D eigenvalue weighted by atomic mass is 10.0. The molecule has 1 N–H and O–H groups in total. The maximum absolute atomic E-state index is 12.7. The van der Waals surface area contributed by atoms with Crippen LogP contribution in [0.1, 0.15) is 28.6 Å². The van der Waals surface area contributed by atoms with Gasteiger partial charge in [0.2, 0.25) is 0 Å². The van der Waals surface area contributed by atoms with E-state index in [1.165, 1.54) is 23.5 Å². The molecule has 0 aliphatic rings. The smallest absolute Gasteiger partial charge is 0.416 e. The molecule has 1 unspecified atom stereocenters. The Morgan fingerprint density at radius 1 is 1.13 bits per heavy atom. The molecule has 2 aromatic carbocycles. The highest BCUT2D eigenvalue weighted by Crippen LogP contribution is 2.33. The van der Waals surface area contributed by atoms with Gasteiger partial charge in [0, 0.05) is 5.56 Å². The van der Waals surface area contributed by atoms with Crippen molar-refractivity contribution >= 4 is 17.3 Å². The van der Waals surface area contributed by atoms with Crippen LogP contribution in [-0.2, 0) is 24.0 Å². The Morgan fingerprint density at radius 2 is 1.77 bits per heavy atom. The van der Waals surface area contributed by atoms with E-state index in [0.29, 0.717) is 22.7 Å². The minimum absolute atomic E-state index is 0.287. The second-order valence-electron chi connectivity index (χ2n) is 6.98. The minimum Gasteiger partial charge on any atom is -0.488 e. The summed E-state index contributed by atoms with van der Waals surface area (Å²) in [6.07, 6.45) is -3.92. The number of hydrogen-bond donors (Lipinski definition) is 1. The predicted octanol–water partition coefficient (Wildman–Crippen LogP) is 5.98. The van der Waals surface area contributed by atoms with Crippen LogP contribution in [0.3, 0.4) is 0 Å². The van der Waals surface area contributed by atoms with Gasteiger partial charge in [-0.1, -0.05) is 31.2 Å². The molecule has 0 fully saturated rings. The van der Waals surface area contributed by atoms with Gasteiger partial charge in [0.1, 0.15) is 17.4 Å². The van der Waals surface area contributed by atoms with Gasteiger partial charge in [0.05, 0.1) is 22.1 Å². The number of carboxylic acid groups (broad SMARTS) is 1. The van der Waals surface area contributed by atoms with E-state index in [9.17, 15) is 18.0 Å². The van der Waals surface area contributed by atoms with Gasteiger partial charge in [-0.2, -0.15) is 13.2 Å². The van der Waals surface area contributed by atoms with E-state index in [1.807, 2.05) is 19.1 Å². The standard InChI is InChI=1S/C22H20F3NO3S/c1-13(21(27)28)11-15-3-9-18(10-4-15)29-12-19-14(2)26-20(30-19)16-5-7-17(8-6-16)22(23,24)25/h3-10,13H,11-12H2,1-2H3,(H,27,28). The van der Waals surface area contributed by atoms with E-state index in [1.54, 1.807) is 19.1 Å². The van der Waals surface area contributed by atoms with E-state index in [-0.39, 0.29) is 6.61 Å². The maximum Gasteiger partial charge on any atom is 0.416 e. The number of aromatic nitrogens is 1. The van der Waals surface area contributed by atoms with E-state index < -0.39 is 23.6 Å². The molecule has 0 bridgehead atoms. The topological polar surface area (TPSA) is 59.4 Å². The Labute approximate surface area is 176 Å². The van der Waals surface area contributed by atoms with Crippen LogP contribution in [0.5, 0.6) is 5.75 Å². The van der Waals surface area contributed by atoms with Crippen LogP contribution < -0.4 is 4.74 Å². The van der Waals surface area contributed by atoms with Gasteiger partial charge < -0.3 is 9.84 Å². The molecule has 3 aromatic rings. The minimum atomic E-state index is -4.36. The van der Waals surface area contributed by atoms with E-state index in [4.69, 9.17) is 9.84 Å². The van der Waals surface area contributed by atoms with E-state index in [0.717, 1.165) is 28.3 Å². The fraction of sp³-hybridized carbons (Fsp3) is 0.273. The molecular formula is C22H20F3NO3S. The van der Waals surface area contributed by atoms with Gasteiger partial charge in [-0.15, -0.1) is 11.3 Å². The van der Waals surface area contributed by atoms with Crippen LogP contribution in [-0.4, -0.2) is 16.1 Å². The molecule has 0 spiro atoms. The highest BCUT2D eigenvalue weighted by atomic mass is 32.1. The monoisotopic (exact) mass is 435 g/mol. The van der Waals surface area contributed by atoms with Gasteiger partial charge in [-0.05, 0) is 43.2 Å². The van der Waals surface area contributed by atoms with Crippen LogP contribution in [0.15, 0.2) is 48.5 Å². The molecule has 0 saturated heterocycles. The lowest BCUT2D eigenvalue weighted by Crippen LogP contribution is -2.12. The zero-order chi connectivity index (χ0) is 21.9. The fourth-order valence-corrected chi connectivity index (χ4v) is 3.78. The van der Waals surface area contributed by atoms with Crippen molar-refractivity contribution in [1.29, 1.82) is 0 Å². The Bertz CT molecular complexity index is 1010. The molecule has 1 atom stereocenters. The van der Waals surface area contributed by atoms with Crippen molar-refractivity contribution in [1.82, 2.24) is 4.98 Å². The number of halogens is 3. The molecule has 0 aliphatic carbocycles. The number of alkyl halides is 3. The van der Waals surface area contributed by atoms with Crippen LogP contribution >= 0.6 is 11.3 Å². The van der Waals surface area contributed by atoms with Crippen molar-refractivity contribution in [2.45, 2.75) is 33.1 Å². The Morgan fingerprint density at radius 3 is 2.33 bits per heavy atom. The number of nitrogens with zero attached hydrogens (tertiary/aromatic N) is 1. The first-order valence-corrected chi connectivity index (χ1v) is 10.0. The van der Waals surface area contributed by atoms with Gasteiger partial charge >= 0.3 is 12.1 Å². The number of carbonyl (C=O) groups is 1. The third-order valence-electron chi connectivity index (χ3n) is 4.61. The van der Waals surface area contributed by atoms with Gasteiger partial charge in [-0.25, -0.2) is 4.98 Å². The highest BCUT2D eigenvalue weighted by molar-refractivity contribution is 7.15. The quantitative estimate of drug-likeness (QED) is 0.496. The molecule has 0 aliphatic heterocycles. The van der Waals surface area contributed by atoms with Gasteiger partial charge in [0.25, 0.3) is 0 Å². The summed E-state index contributed by atoms with van der Waals surface area (Å²) < 4.78 is 44.0. The van der Waals surface area contributed by atoms with Gasteiger partial charge in [0.15, 0.2) is 0 Å². The molecule has 0 radical (unpaired) electrons. The first kappa shape index (κ1) is 21.8. The molecule has 0 amide bonds. The third kappa shape index (κ3) is 5.38. The van der Waals surface area contributed by atoms with E-state index in [2.05, 4.69) is 4.98 Å². The summed E-state index contributed by atoms with van der Waals surface area (Å²) in [7, 11) is 0. The molecular weight excluding hydrogens is 415 g/mol. The summed E-state index contributed by atoms with van der Waals surface area (Å²) in [5, 5.41) is 9.63. The van der Waals surface area contributed by atoms with Crippen molar-refractivity contribution in [2.24, 2.45) is 5.92 Å². The van der Waals surface area contributed by atoms with Crippen molar-refractivity contribution in [3.8, 4) is 16.3 Å². The SMILES string of the molecule is Cc1nc(-c2ccc(C(F)(F)F)cc2)sc1COc1ccc(CC(C)C(=O)O)cc1. The normalized spacial score (nSPS) is 12.6. The zero-order valence-electron chi connectivity index (χ0n) is 16.4. The number of hydrogen-bond acceptors (Lipinski definition) is 4. The third-order valence-corrected chi connectivity index (χ3v) is 5.79. The Hall–Kier alpha value is -2.87. The van der Waals surface area contributed by atoms with Crippen molar-refractivity contribution in [3.05, 3.63) is 70.2 Å². The molecule has 8 heteroatoms.